The predicted molar refractivity (Wildman–Crippen MR) is 82.5 cm³/mol. The van der Waals surface area contributed by atoms with Gasteiger partial charge in [-0.15, -0.1) is 0 Å². The lowest BCUT2D eigenvalue weighted by Crippen LogP contribution is -2.16. The Hall–Kier alpha value is -1.88. The van der Waals surface area contributed by atoms with Crippen molar-refractivity contribution in [2.24, 2.45) is 12.8 Å². The molecule has 1 aromatic carbocycles. The molecule has 1 aromatic heterocycles. The average Bonchev–Trinajstić information content (AvgIpc) is 2.77. The van der Waals surface area contributed by atoms with E-state index in [0.717, 1.165) is 29.8 Å². The Balaban J connectivity index is 2.07. The van der Waals surface area contributed by atoms with Gasteiger partial charge < -0.3 is 11.1 Å². The molecule has 4 nitrogen and oxygen atoms in total. The molecule has 1 heterocycles. The van der Waals surface area contributed by atoms with Crippen LogP contribution in [0, 0.1) is 6.92 Å². The number of benzene rings is 1. The molecule has 0 amide bonds. The zero-order valence-corrected chi connectivity index (χ0v) is 12.0. The summed E-state index contributed by atoms with van der Waals surface area (Å²) in [5.74, 6) is 0. The number of hydrogen-bond donors (Lipinski definition) is 2. The minimum absolute atomic E-state index is 0.423. The van der Waals surface area contributed by atoms with Crippen LogP contribution in [0.5, 0.6) is 0 Å². The van der Waals surface area contributed by atoms with Gasteiger partial charge >= 0.3 is 0 Å². The fourth-order valence-corrected chi connectivity index (χ4v) is 2.24. The van der Waals surface area contributed by atoms with Gasteiger partial charge in [-0.25, -0.2) is 0 Å². The van der Waals surface area contributed by atoms with Crippen LogP contribution in [0.4, 0.5) is 5.69 Å². The van der Waals surface area contributed by atoms with E-state index in [1.807, 2.05) is 49.1 Å². The summed E-state index contributed by atoms with van der Waals surface area (Å²) >= 11 is 5.08. The summed E-state index contributed by atoms with van der Waals surface area (Å²) in [7, 11) is 1.95. The molecular formula is C14H18N4S. The largest absolute Gasteiger partial charge is 0.389 e. The maximum absolute atomic E-state index is 5.75. The maximum atomic E-state index is 5.75. The van der Waals surface area contributed by atoms with E-state index < -0.39 is 0 Å². The third kappa shape index (κ3) is 3.12. The highest BCUT2D eigenvalue weighted by molar-refractivity contribution is 7.80. The standard InChI is InChI=1S/C14H18N4S/c1-10-4-3-5-12(14(15)19)13(10)16-8-6-11-7-9-17-18(11)2/h3-5,7,9,16H,6,8H2,1-2H3,(H2,15,19). The lowest BCUT2D eigenvalue weighted by atomic mass is 10.1. The van der Waals surface area contributed by atoms with Crippen LogP contribution in [-0.2, 0) is 13.5 Å². The van der Waals surface area contributed by atoms with Gasteiger partial charge in [-0.05, 0) is 24.6 Å². The third-order valence-electron chi connectivity index (χ3n) is 3.14. The van der Waals surface area contributed by atoms with Crippen molar-refractivity contribution in [1.82, 2.24) is 9.78 Å². The van der Waals surface area contributed by atoms with Crippen LogP contribution in [0.15, 0.2) is 30.5 Å². The summed E-state index contributed by atoms with van der Waals surface area (Å²) in [6.45, 7) is 2.87. The SMILES string of the molecule is Cc1cccc(C(N)=S)c1NCCc1ccnn1C. The number of nitrogens with zero attached hydrogens (tertiary/aromatic N) is 2. The molecule has 2 aromatic rings. The molecule has 0 bridgehead atoms. The molecular weight excluding hydrogens is 256 g/mol. The third-order valence-corrected chi connectivity index (χ3v) is 3.36. The van der Waals surface area contributed by atoms with E-state index in [2.05, 4.69) is 10.4 Å². The molecule has 0 saturated carbocycles. The van der Waals surface area contributed by atoms with Gasteiger partial charge in [-0.2, -0.15) is 5.10 Å². The first kappa shape index (κ1) is 13.5. The Morgan fingerprint density at radius 2 is 2.21 bits per heavy atom. The lowest BCUT2D eigenvalue weighted by Gasteiger charge is -2.14. The van der Waals surface area contributed by atoms with Crippen molar-refractivity contribution in [3.8, 4) is 0 Å². The van der Waals surface area contributed by atoms with Crippen molar-refractivity contribution in [2.75, 3.05) is 11.9 Å². The Kier molecular flexibility index (Phi) is 4.16. The maximum Gasteiger partial charge on any atom is 0.106 e. The number of thiocarbonyl (C=S) groups is 1. The number of rotatable bonds is 5. The topological polar surface area (TPSA) is 55.9 Å². The summed E-state index contributed by atoms with van der Waals surface area (Å²) < 4.78 is 1.88. The number of aryl methyl sites for hydroxylation is 2. The van der Waals surface area contributed by atoms with Crippen molar-refractivity contribution < 1.29 is 0 Å². The van der Waals surface area contributed by atoms with E-state index in [-0.39, 0.29) is 0 Å². The van der Waals surface area contributed by atoms with E-state index in [4.69, 9.17) is 18.0 Å². The highest BCUT2D eigenvalue weighted by Crippen LogP contribution is 2.20. The van der Waals surface area contributed by atoms with Gasteiger partial charge in [0.1, 0.15) is 4.99 Å². The fraction of sp³-hybridized carbons (Fsp3) is 0.286. The van der Waals surface area contributed by atoms with Gasteiger partial charge in [-0.3, -0.25) is 4.68 Å². The molecule has 0 radical (unpaired) electrons. The van der Waals surface area contributed by atoms with Gasteiger partial charge in [-0.1, -0.05) is 24.4 Å². The van der Waals surface area contributed by atoms with Gasteiger partial charge in [0, 0.05) is 43.2 Å². The number of anilines is 1. The van der Waals surface area contributed by atoms with E-state index >= 15 is 0 Å². The molecule has 19 heavy (non-hydrogen) atoms. The van der Waals surface area contributed by atoms with Gasteiger partial charge in [0.2, 0.25) is 0 Å². The van der Waals surface area contributed by atoms with Crippen LogP contribution in [0.3, 0.4) is 0 Å². The normalized spacial score (nSPS) is 10.4. The predicted octanol–water partition coefficient (Wildman–Crippen LogP) is 2.02. The van der Waals surface area contributed by atoms with Crippen molar-refractivity contribution >= 4 is 22.9 Å². The minimum Gasteiger partial charge on any atom is -0.389 e. The summed E-state index contributed by atoms with van der Waals surface area (Å²) in [6, 6.07) is 7.99. The molecule has 0 aliphatic rings. The lowest BCUT2D eigenvalue weighted by molar-refractivity contribution is 0.711. The quantitative estimate of drug-likeness (QED) is 0.819. The first-order valence-electron chi connectivity index (χ1n) is 6.19. The number of hydrogen-bond acceptors (Lipinski definition) is 3. The van der Waals surface area contributed by atoms with Gasteiger partial charge in [0.05, 0.1) is 0 Å². The summed E-state index contributed by atoms with van der Waals surface area (Å²) in [5, 5.41) is 7.57. The molecule has 0 fully saturated rings. The zero-order valence-electron chi connectivity index (χ0n) is 11.2. The highest BCUT2D eigenvalue weighted by atomic mass is 32.1. The van der Waals surface area contributed by atoms with Crippen molar-refractivity contribution in [3.63, 3.8) is 0 Å². The number of para-hydroxylation sites is 1. The minimum atomic E-state index is 0.423. The fourth-order valence-electron chi connectivity index (χ4n) is 2.07. The highest BCUT2D eigenvalue weighted by Gasteiger charge is 2.07. The van der Waals surface area contributed by atoms with Crippen LogP contribution in [0.1, 0.15) is 16.8 Å². The zero-order chi connectivity index (χ0) is 13.8. The monoisotopic (exact) mass is 274 g/mol. The van der Waals surface area contributed by atoms with Crippen LogP contribution in [0.25, 0.3) is 0 Å². The smallest absolute Gasteiger partial charge is 0.106 e. The molecule has 0 aliphatic carbocycles. The molecule has 3 N–H and O–H groups in total. The summed E-state index contributed by atoms with van der Waals surface area (Å²) in [4.78, 5) is 0.423. The Labute approximate surface area is 118 Å². The van der Waals surface area contributed by atoms with Crippen LogP contribution in [-0.4, -0.2) is 21.3 Å². The Bertz CT molecular complexity index is 589. The number of nitrogens with one attached hydrogen (secondary N) is 1. The second-order valence-electron chi connectivity index (χ2n) is 4.48. The molecule has 0 unspecified atom stereocenters. The Morgan fingerprint density at radius 1 is 1.42 bits per heavy atom. The second-order valence-corrected chi connectivity index (χ2v) is 4.92. The molecule has 0 saturated heterocycles. The van der Waals surface area contributed by atoms with Crippen molar-refractivity contribution in [2.45, 2.75) is 13.3 Å². The number of aromatic nitrogens is 2. The van der Waals surface area contributed by atoms with Crippen LogP contribution >= 0.6 is 12.2 Å². The van der Waals surface area contributed by atoms with Crippen molar-refractivity contribution in [1.29, 1.82) is 0 Å². The first-order chi connectivity index (χ1) is 9.09. The van der Waals surface area contributed by atoms with Crippen LogP contribution in [0.2, 0.25) is 0 Å². The molecule has 0 aliphatic heterocycles. The van der Waals surface area contributed by atoms with Crippen LogP contribution < -0.4 is 11.1 Å². The molecule has 5 heteroatoms. The average molecular weight is 274 g/mol. The second kappa shape index (κ2) is 5.84. The summed E-state index contributed by atoms with van der Waals surface area (Å²) in [6.07, 6.45) is 2.71. The first-order valence-corrected chi connectivity index (χ1v) is 6.60. The molecule has 0 spiro atoms. The van der Waals surface area contributed by atoms with E-state index in [1.165, 1.54) is 5.69 Å². The van der Waals surface area contributed by atoms with Gasteiger partial charge in [0.15, 0.2) is 0 Å². The van der Waals surface area contributed by atoms with E-state index in [9.17, 15) is 0 Å². The Morgan fingerprint density at radius 3 is 2.84 bits per heavy atom. The molecule has 0 atom stereocenters. The van der Waals surface area contributed by atoms with E-state index in [1.54, 1.807) is 0 Å². The van der Waals surface area contributed by atoms with Crippen molar-refractivity contribution in [3.05, 3.63) is 47.3 Å². The molecule has 2 rings (SSSR count). The number of nitrogens with two attached hydrogens (primary N) is 1. The molecule has 100 valence electrons. The van der Waals surface area contributed by atoms with Gasteiger partial charge in [0.25, 0.3) is 0 Å². The summed E-state index contributed by atoms with van der Waals surface area (Å²) in [5.41, 5.74) is 10.0. The van der Waals surface area contributed by atoms with E-state index in [0.29, 0.717) is 4.99 Å².